The number of hydrogen-bond donors (Lipinski definition) is 2. The summed E-state index contributed by atoms with van der Waals surface area (Å²) in [6, 6.07) is 23.2. The van der Waals surface area contributed by atoms with Crippen molar-refractivity contribution in [1.29, 1.82) is 0 Å². The van der Waals surface area contributed by atoms with E-state index in [2.05, 4.69) is 30.4 Å². The summed E-state index contributed by atoms with van der Waals surface area (Å²) in [5, 5.41) is 57.4. The third kappa shape index (κ3) is 9.19. The van der Waals surface area contributed by atoms with Crippen molar-refractivity contribution in [2.75, 3.05) is 0 Å². The average Bonchev–Trinajstić information content (AvgIpc) is 2.96. The largest absolute Gasteiger partial charge is 2.00 e. The molecule has 2 heterocycles. The first-order valence-corrected chi connectivity index (χ1v) is 11.3. The molecule has 0 aliphatic heterocycles. The summed E-state index contributed by atoms with van der Waals surface area (Å²) in [5.74, 6) is -1.40. The van der Waals surface area contributed by atoms with Crippen molar-refractivity contribution in [3.63, 3.8) is 0 Å². The maximum Gasteiger partial charge on any atom is 2.00 e. The first-order chi connectivity index (χ1) is 18.4. The van der Waals surface area contributed by atoms with E-state index in [1.807, 2.05) is 12.1 Å². The van der Waals surface area contributed by atoms with Crippen LogP contribution in [0.1, 0.15) is 36.4 Å². The van der Waals surface area contributed by atoms with Crippen LogP contribution in [-0.2, 0) is 17.1 Å². The predicted octanol–water partition coefficient (Wildman–Crippen LogP) is 2.63. The third-order valence-electron chi connectivity index (χ3n) is 4.92. The van der Waals surface area contributed by atoms with Gasteiger partial charge in [-0.15, -0.1) is 0 Å². The molecular formula is C28H24FeN6O4. The molecule has 0 saturated carbocycles. The van der Waals surface area contributed by atoms with Gasteiger partial charge in [0.05, 0.1) is 22.8 Å². The Morgan fingerprint density at radius 1 is 0.564 bits per heavy atom. The molecule has 0 fully saturated rings. The van der Waals surface area contributed by atoms with E-state index >= 15 is 0 Å². The van der Waals surface area contributed by atoms with Crippen molar-refractivity contribution in [1.82, 2.24) is 9.97 Å². The Morgan fingerprint density at radius 2 is 0.923 bits per heavy atom. The van der Waals surface area contributed by atoms with E-state index in [9.17, 15) is 20.4 Å². The van der Waals surface area contributed by atoms with E-state index in [4.69, 9.17) is 0 Å². The normalized spacial score (nSPS) is 12.2. The number of phenols is 2. The van der Waals surface area contributed by atoms with Crippen molar-refractivity contribution >= 4 is 23.2 Å². The van der Waals surface area contributed by atoms with Crippen LogP contribution in [0.5, 0.6) is 11.5 Å². The van der Waals surface area contributed by atoms with E-state index in [0.717, 1.165) is 0 Å². The second-order valence-electron chi connectivity index (χ2n) is 7.65. The van der Waals surface area contributed by atoms with Crippen molar-refractivity contribution in [2.45, 2.75) is 13.8 Å². The van der Waals surface area contributed by atoms with Crippen molar-refractivity contribution in [3.8, 4) is 11.5 Å². The molecule has 39 heavy (non-hydrogen) atoms. The molecule has 4 aromatic rings. The second kappa shape index (κ2) is 15.4. The fourth-order valence-corrected chi connectivity index (χ4v) is 2.91. The standard InChI is InChI=1S/2C14H13N3O2.Fe/c2*1-10(12-7-4-5-9-15-12)16-17-14(19)11-6-2-3-8-13(11)18;/h2*2-9,18H,1H3,(H,17,19);/q;;+2/p-2/b2*16-10+;. The number of aromatic hydroxyl groups is 2. The van der Waals surface area contributed by atoms with Crippen LogP contribution in [-0.4, -0.2) is 43.4 Å². The molecule has 10 nitrogen and oxygen atoms in total. The first kappa shape index (κ1) is 30.4. The van der Waals surface area contributed by atoms with Crippen molar-refractivity contribution in [2.24, 2.45) is 20.4 Å². The molecule has 11 heteroatoms. The Hall–Kier alpha value is -4.86. The SMILES string of the molecule is C/C(=N\N=C(/[O-])c1ccccc1O)c1ccccn1.C/C(=N\N=C(/[O-])c1ccccc1O)c1ccccn1.[Fe+2]. The molecule has 2 aromatic heterocycles. The number of pyridine rings is 2. The smallest absolute Gasteiger partial charge is 0.857 e. The minimum atomic E-state index is -0.589. The van der Waals surface area contributed by atoms with E-state index in [0.29, 0.717) is 22.8 Å². The molecule has 0 saturated heterocycles. The Kier molecular flexibility index (Phi) is 12.0. The summed E-state index contributed by atoms with van der Waals surface area (Å²) in [6.07, 6.45) is 3.28. The summed E-state index contributed by atoms with van der Waals surface area (Å²) < 4.78 is 0. The van der Waals surface area contributed by atoms with Gasteiger partial charge in [-0.3, -0.25) is 9.97 Å². The zero-order valence-electron chi connectivity index (χ0n) is 21.0. The first-order valence-electron chi connectivity index (χ1n) is 11.3. The maximum atomic E-state index is 11.7. The zero-order chi connectivity index (χ0) is 27.3. The molecule has 198 valence electrons. The van der Waals surface area contributed by atoms with Crippen LogP contribution < -0.4 is 10.2 Å². The van der Waals surface area contributed by atoms with Gasteiger partial charge in [-0.2, -0.15) is 20.4 Å². The molecule has 2 N–H and O–H groups in total. The molecule has 0 atom stereocenters. The summed E-state index contributed by atoms with van der Waals surface area (Å²) in [4.78, 5) is 8.19. The monoisotopic (exact) mass is 564 g/mol. The molecule has 2 aromatic carbocycles. The average molecular weight is 564 g/mol. The molecule has 4 rings (SSSR count). The zero-order valence-corrected chi connectivity index (χ0v) is 22.1. The molecule has 0 aliphatic carbocycles. The van der Waals surface area contributed by atoms with Crippen molar-refractivity contribution in [3.05, 3.63) is 120 Å². The second-order valence-corrected chi connectivity index (χ2v) is 7.65. The Labute approximate surface area is 236 Å². The van der Waals surface area contributed by atoms with Gasteiger partial charge in [0.25, 0.3) is 0 Å². The fourth-order valence-electron chi connectivity index (χ4n) is 2.91. The van der Waals surface area contributed by atoms with Crippen LogP contribution in [0.2, 0.25) is 0 Å². The molecule has 0 radical (unpaired) electrons. The molecule has 0 spiro atoms. The van der Waals surface area contributed by atoms with Gasteiger partial charge in [-0.05, 0) is 50.2 Å². The molecule has 0 amide bonds. The number of aromatic nitrogens is 2. The van der Waals surface area contributed by atoms with Gasteiger partial charge in [0, 0.05) is 35.3 Å². The van der Waals surface area contributed by atoms with Gasteiger partial charge in [-0.1, -0.05) is 48.5 Å². The summed E-state index contributed by atoms with van der Waals surface area (Å²) in [6.45, 7) is 3.42. The number of rotatable bonds is 6. The van der Waals surface area contributed by atoms with E-state index < -0.39 is 11.8 Å². The quantitative estimate of drug-likeness (QED) is 0.158. The Balaban J connectivity index is 0.000000267. The number of hydrogen-bond acceptors (Lipinski definition) is 10. The van der Waals surface area contributed by atoms with Crippen LogP contribution in [0.25, 0.3) is 0 Å². The molecule has 0 unspecified atom stereocenters. The van der Waals surface area contributed by atoms with Gasteiger partial charge in [0.15, 0.2) is 0 Å². The predicted molar refractivity (Wildman–Crippen MR) is 142 cm³/mol. The van der Waals surface area contributed by atoms with E-state index in [-0.39, 0.29) is 39.7 Å². The molecular weight excluding hydrogens is 540 g/mol. The van der Waals surface area contributed by atoms with Gasteiger partial charge < -0.3 is 20.4 Å². The van der Waals surface area contributed by atoms with Gasteiger partial charge >= 0.3 is 17.1 Å². The Bertz CT molecular complexity index is 1360. The van der Waals surface area contributed by atoms with Gasteiger partial charge in [0.1, 0.15) is 11.5 Å². The van der Waals surface area contributed by atoms with Crippen LogP contribution >= 0.6 is 0 Å². The molecule has 0 bridgehead atoms. The number of benzene rings is 2. The minimum Gasteiger partial charge on any atom is -0.857 e. The summed E-state index contributed by atoms with van der Waals surface area (Å²) in [5.41, 5.74) is 2.61. The third-order valence-corrected chi connectivity index (χ3v) is 4.92. The maximum absolute atomic E-state index is 11.7. The fraction of sp³-hybridized carbons (Fsp3) is 0.0714. The topological polar surface area (TPSA) is 162 Å². The van der Waals surface area contributed by atoms with Crippen LogP contribution in [0.4, 0.5) is 0 Å². The Morgan fingerprint density at radius 3 is 1.26 bits per heavy atom. The van der Waals surface area contributed by atoms with Crippen LogP contribution in [0.15, 0.2) is 118 Å². The van der Waals surface area contributed by atoms with E-state index in [1.165, 1.54) is 24.3 Å². The minimum absolute atomic E-state index is 0. The number of nitrogens with zero attached hydrogens (tertiary/aromatic N) is 6. The van der Waals surface area contributed by atoms with Crippen LogP contribution in [0, 0.1) is 0 Å². The number of phenolic OH excluding ortho intramolecular Hbond substituents is 2. The summed E-state index contributed by atoms with van der Waals surface area (Å²) in [7, 11) is 0. The summed E-state index contributed by atoms with van der Waals surface area (Å²) >= 11 is 0. The van der Waals surface area contributed by atoms with Crippen molar-refractivity contribution < 1.29 is 37.5 Å². The number of para-hydroxylation sites is 2. The van der Waals surface area contributed by atoms with E-state index in [1.54, 1.807) is 74.8 Å². The van der Waals surface area contributed by atoms with Crippen LogP contribution in [0.3, 0.4) is 0 Å². The van der Waals surface area contributed by atoms with Gasteiger partial charge in [0.2, 0.25) is 0 Å². The van der Waals surface area contributed by atoms with Gasteiger partial charge in [-0.25, -0.2) is 0 Å². The molecule has 0 aliphatic rings.